The number of carbonyl (C=O) groups excluding carboxylic acids is 2. The van der Waals surface area contributed by atoms with E-state index in [1.807, 2.05) is 0 Å². The van der Waals surface area contributed by atoms with Gasteiger partial charge < -0.3 is 10.1 Å². The second-order valence-electron chi connectivity index (χ2n) is 5.63. The number of esters is 1. The number of nitrogens with one attached hydrogen (secondary N) is 1. The summed E-state index contributed by atoms with van der Waals surface area (Å²) in [5, 5.41) is 14.5. The number of hydrogen-bond donors (Lipinski definition) is 1. The van der Waals surface area contributed by atoms with E-state index in [0.717, 1.165) is 11.3 Å². The molecule has 9 heteroatoms. The van der Waals surface area contributed by atoms with Gasteiger partial charge in [0.2, 0.25) is 0 Å². The Bertz CT molecular complexity index is 1060. The number of fused-ring (bicyclic) bond motifs is 1. The van der Waals surface area contributed by atoms with Gasteiger partial charge >= 0.3 is 5.97 Å². The number of rotatable bonds is 5. The monoisotopic (exact) mass is 404 g/mol. The predicted octanol–water partition coefficient (Wildman–Crippen LogP) is 4.57. The van der Waals surface area contributed by atoms with E-state index in [0.29, 0.717) is 26.4 Å². The van der Waals surface area contributed by atoms with E-state index in [1.54, 1.807) is 31.2 Å². The van der Waals surface area contributed by atoms with Gasteiger partial charge in [-0.25, -0.2) is 4.79 Å². The zero-order valence-corrected chi connectivity index (χ0v) is 15.6. The minimum Gasteiger partial charge on any atom is -0.451 e. The first-order valence-corrected chi connectivity index (χ1v) is 8.94. The molecular weight excluding hydrogens is 392 g/mol. The normalized spacial score (nSPS) is 10.6. The second kappa shape index (κ2) is 7.73. The number of carbonyl (C=O) groups is 2. The van der Waals surface area contributed by atoms with Gasteiger partial charge in [0.05, 0.1) is 4.92 Å². The van der Waals surface area contributed by atoms with Crippen LogP contribution >= 0.6 is 22.9 Å². The Morgan fingerprint density at radius 2 is 2.04 bits per heavy atom. The SMILES string of the molecule is Cc1c(Cl)cccc1NC(=O)COC(=O)c1cc2cc([N+](=O)[O-])ccc2s1. The van der Waals surface area contributed by atoms with Crippen molar-refractivity contribution in [3.63, 3.8) is 0 Å². The number of thiophene rings is 1. The van der Waals surface area contributed by atoms with Gasteiger partial charge in [0.25, 0.3) is 11.6 Å². The van der Waals surface area contributed by atoms with Crippen LogP contribution in [0.5, 0.6) is 0 Å². The van der Waals surface area contributed by atoms with Gasteiger partial charge in [0.15, 0.2) is 6.61 Å². The molecule has 0 radical (unpaired) electrons. The number of hydrogen-bond acceptors (Lipinski definition) is 6. The molecule has 7 nitrogen and oxygen atoms in total. The third kappa shape index (κ3) is 4.24. The summed E-state index contributed by atoms with van der Waals surface area (Å²) in [6.45, 7) is 1.31. The van der Waals surface area contributed by atoms with Crippen molar-refractivity contribution in [1.82, 2.24) is 0 Å². The number of amides is 1. The van der Waals surface area contributed by atoms with Gasteiger partial charge in [-0.15, -0.1) is 11.3 Å². The lowest BCUT2D eigenvalue weighted by molar-refractivity contribution is -0.384. The molecule has 1 N–H and O–H groups in total. The average molecular weight is 405 g/mol. The van der Waals surface area contributed by atoms with Crippen molar-refractivity contribution in [3.8, 4) is 0 Å². The van der Waals surface area contributed by atoms with Gasteiger partial charge in [-0.2, -0.15) is 0 Å². The predicted molar refractivity (Wildman–Crippen MR) is 104 cm³/mol. The molecule has 138 valence electrons. The maximum atomic E-state index is 12.2. The van der Waals surface area contributed by atoms with E-state index in [4.69, 9.17) is 16.3 Å². The highest BCUT2D eigenvalue weighted by Gasteiger charge is 2.16. The molecule has 1 amide bonds. The highest BCUT2D eigenvalue weighted by molar-refractivity contribution is 7.20. The molecule has 0 aliphatic carbocycles. The van der Waals surface area contributed by atoms with Crippen molar-refractivity contribution < 1.29 is 19.2 Å². The molecule has 0 saturated heterocycles. The Labute approximate surface area is 162 Å². The van der Waals surface area contributed by atoms with Crippen LogP contribution in [0.1, 0.15) is 15.2 Å². The van der Waals surface area contributed by atoms with Crippen LogP contribution in [0.15, 0.2) is 42.5 Å². The topological polar surface area (TPSA) is 98.5 Å². The van der Waals surface area contributed by atoms with E-state index in [-0.39, 0.29) is 10.6 Å². The Hall–Kier alpha value is -2.97. The molecule has 1 heterocycles. The number of non-ortho nitro benzene ring substituents is 1. The van der Waals surface area contributed by atoms with Crippen LogP contribution in [0.3, 0.4) is 0 Å². The van der Waals surface area contributed by atoms with Gasteiger partial charge in [-0.3, -0.25) is 14.9 Å². The molecule has 3 rings (SSSR count). The van der Waals surface area contributed by atoms with E-state index in [1.165, 1.54) is 18.2 Å². The Morgan fingerprint density at radius 1 is 1.26 bits per heavy atom. The first-order valence-electron chi connectivity index (χ1n) is 7.75. The summed E-state index contributed by atoms with van der Waals surface area (Å²) in [5.74, 6) is -1.16. The first-order chi connectivity index (χ1) is 12.8. The molecule has 27 heavy (non-hydrogen) atoms. The van der Waals surface area contributed by atoms with E-state index >= 15 is 0 Å². The van der Waals surface area contributed by atoms with Gasteiger partial charge in [-0.1, -0.05) is 17.7 Å². The molecule has 1 aromatic heterocycles. The lowest BCUT2D eigenvalue weighted by Gasteiger charge is -2.09. The molecule has 0 aliphatic rings. The van der Waals surface area contributed by atoms with E-state index in [9.17, 15) is 19.7 Å². The van der Waals surface area contributed by atoms with Crippen molar-refractivity contribution in [2.75, 3.05) is 11.9 Å². The fourth-order valence-electron chi connectivity index (χ4n) is 2.38. The molecule has 0 unspecified atom stereocenters. The number of ether oxygens (including phenoxy) is 1. The fraction of sp³-hybridized carbons (Fsp3) is 0.111. The standard InChI is InChI=1S/C18H13ClN2O5S/c1-10-13(19)3-2-4-14(10)20-17(22)9-26-18(23)16-8-11-7-12(21(24)25)5-6-15(11)27-16/h2-8H,9H2,1H3,(H,20,22). The zero-order valence-electron chi connectivity index (χ0n) is 14.0. The average Bonchev–Trinajstić information content (AvgIpc) is 3.07. The van der Waals surface area contributed by atoms with Crippen LogP contribution in [-0.4, -0.2) is 23.4 Å². The maximum absolute atomic E-state index is 12.2. The molecule has 2 aromatic carbocycles. The highest BCUT2D eigenvalue weighted by Crippen LogP contribution is 2.29. The summed E-state index contributed by atoms with van der Waals surface area (Å²) in [6.07, 6.45) is 0. The van der Waals surface area contributed by atoms with Crippen LogP contribution < -0.4 is 5.32 Å². The molecule has 0 atom stereocenters. The molecule has 3 aromatic rings. The summed E-state index contributed by atoms with van der Waals surface area (Å²) < 4.78 is 5.75. The van der Waals surface area contributed by atoms with Crippen molar-refractivity contribution in [1.29, 1.82) is 0 Å². The largest absolute Gasteiger partial charge is 0.451 e. The minimum atomic E-state index is -0.670. The molecule has 0 bridgehead atoms. The molecular formula is C18H13ClN2O5S. The quantitative estimate of drug-likeness (QED) is 0.381. The summed E-state index contributed by atoms with van der Waals surface area (Å²) in [6, 6.07) is 10.9. The third-order valence-corrected chi connectivity index (χ3v) is 5.29. The summed E-state index contributed by atoms with van der Waals surface area (Å²) in [5.41, 5.74) is 1.19. The van der Waals surface area contributed by atoms with Crippen LogP contribution in [0, 0.1) is 17.0 Å². The van der Waals surface area contributed by atoms with Crippen molar-refractivity contribution in [2.45, 2.75) is 6.92 Å². The minimum absolute atomic E-state index is 0.0588. The van der Waals surface area contributed by atoms with Gasteiger partial charge in [0.1, 0.15) is 4.88 Å². The summed E-state index contributed by atoms with van der Waals surface area (Å²) in [7, 11) is 0. The number of halogens is 1. The number of nitro groups is 1. The van der Waals surface area contributed by atoms with E-state index < -0.39 is 23.4 Å². The smallest absolute Gasteiger partial charge is 0.348 e. The number of nitrogens with zero attached hydrogens (tertiary/aromatic N) is 1. The maximum Gasteiger partial charge on any atom is 0.348 e. The van der Waals surface area contributed by atoms with Gasteiger partial charge in [0, 0.05) is 32.9 Å². The summed E-state index contributed by atoms with van der Waals surface area (Å²) >= 11 is 7.14. The molecule has 0 spiro atoms. The van der Waals surface area contributed by atoms with Crippen LogP contribution in [-0.2, 0) is 9.53 Å². The molecule has 0 saturated carbocycles. The fourth-order valence-corrected chi connectivity index (χ4v) is 3.49. The number of anilines is 1. The highest BCUT2D eigenvalue weighted by atomic mass is 35.5. The Kier molecular flexibility index (Phi) is 5.38. The Balaban J connectivity index is 1.65. The number of benzene rings is 2. The lowest BCUT2D eigenvalue weighted by Crippen LogP contribution is -2.21. The summed E-state index contributed by atoms with van der Waals surface area (Å²) in [4.78, 5) is 34.7. The third-order valence-electron chi connectivity index (χ3n) is 3.79. The van der Waals surface area contributed by atoms with Crippen molar-refractivity contribution in [3.05, 3.63) is 68.0 Å². The van der Waals surface area contributed by atoms with Crippen LogP contribution in [0.25, 0.3) is 10.1 Å². The van der Waals surface area contributed by atoms with Crippen molar-refractivity contribution in [2.24, 2.45) is 0 Å². The first kappa shape index (κ1) is 18.8. The van der Waals surface area contributed by atoms with Gasteiger partial charge in [-0.05, 0) is 36.8 Å². The molecule has 0 aliphatic heterocycles. The second-order valence-corrected chi connectivity index (χ2v) is 7.12. The Morgan fingerprint density at radius 3 is 2.78 bits per heavy atom. The van der Waals surface area contributed by atoms with Crippen molar-refractivity contribution >= 4 is 56.3 Å². The number of nitro benzene ring substituents is 1. The van der Waals surface area contributed by atoms with Crippen LogP contribution in [0.4, 0.5) is 11.4 Å². The van der Waals surface area contributed by atoms with Crippen LogP contribution in [0.2, 0.25) is 5.02 Å². The zero-order chi connectivity index (χ0) is 19.6. The van der Waals surface area contributed by atoms with E-state index in [2.05, 4.69) is 5.32 Å². The lowest BCUT2D eigenvalue weighted by atomic mass is 10.2. The molecule has 0 fully saturated rings.